The van der Waals surface area contributed by atoms with Crippen LogP contribution in [-0.4, -0.2) is 61.9 Å². The highest BCUT2D eigenvalue weighted by atomic mass is 16.2. The summed E-state index contributed by atoms with van der Waals surface area (Å²) in [5, 5.41) is 20.6. The third-order valence-corrected chi connectivity index (χ3v) is 4.23. The van der Waals surface area contributed by atoms with E-state index in [1.807, 2.05) is 6.92 Å². The first kappa shape index (κ1) is 15.4. The van der Waals surface area contributed by atoms with E-state index in [9.17, 15) is 4.79 Å². The van der Waals surface area contributed by atoms with Gasteiger partial charge in [0, 0.05) is 20.1 Å². The fourth-order valence-corrected chi connectivity index (χ4v) is 2.89. The molecule has 11 nitrogen and oxygen atoms in total. The zero-order valence-electron chi connectivity index (χ0n) is 14.1. The summed E-state index contributed by atoms with van der Waals surface area (Å²) < 4.78 is 5.36. The molecule has 130 valence electrons. The van der Waals surface area contributed by atoms with E-state index in [1.54, 1.807) is 22.8 Å². The van der Waals surface area contributed by atoms with Crippen LogP contribution in [-0.2, 0) is 26.7 Å². The topological polar surface area (TPSA) is 112 Å². The van der Waals surface area contributed by atoms with Crippen LogP contribution in [0, 0.1) is 6.92 Å². The highest BCUT2D eigenvalue weighted by Gasteiger charge is 2.25. The van der Waals surface area contributed by atoms with Gasteiger partial charge < -0.3 is 9.47 Å². The number of nitrogens with zero attached hydrogens (tertiary/aromatic N) is 10. The normalized spacial score (nSPS) is 14.4. The maximum atomic E-state index is 12.6. The van der Waals surface area contributed by atoms with Crippen LogP contribution in [0.2, 0.25) is 0 Å². The lowest BCUT2D eigenvalue weighted by atomic mass is 10.3. The highest BCUT2D eigenvalue weighted by Crippen LogP contribution is 2.15. The Morgan fingerprint density at radius 2 is 2.16 bits per heavy atom. The molecule has 1 aliphatic heterocycles. The molecule has 0 saturated carbocycles. The fourth-order valence-electron chi connectivity index (χ4n) is 2.89. The van der Waals surface area contributed by atoms with E-state index in [1.165, 1.54) is 11.0 Å². The maximum absolute atomic E-state index is 12.6. The van der Waals surface area contributed by atoms with Gasteiger partial charge in [-0.3, -0.25) is 9.48 Å². The Hall–Kier alpha value is -3.11. The Bertz CT molecular complexity index is 907. The Balaban J connectivity index is 1.56. The number of rotatable bonds is 3. The second-order valence-corrected chi connectivity index (χ2v) is 6.04. The zero-order chi connectivity index (χ0) is 17.4. The number of aryl methyl sites for hydroxylation is 2. The summed E-state index contributed by atoms with van der Waals surface area (Å²) in [7, 11) is 1.74. The molecular formula is C14H18N10O. The second kappa shape index (κ2) is 6.07. The van der Waals surface area contributed by atoms with E-state index < -0.39 is 0 Å². The molecule has 1 amide bonds. The maximum Gasteiger partial charge on any atom is 0.293 e. The van der Waals surface area contributed by atoms with Gasteiger partial charge in [0.2, 0.25) is 5.82 Å². The molecule has 11 heteroatoms. The molecule has 4 heterocycles. The summed E-state index contributed by atoms with van der Waals surface area (Å²) in [6.07, 6.45) is 4.04. The van der Waals surface area contributed by atoms with Crippen LogP contribution < -0.4 is 0 Å². The standard InChI is InChI=1S/C14H18N10O/c1-10-6-16-20-24(10)8-12-18-17-11-7-22(4-3-5-23(11)12)14(25)13-15-9-21(2)19-13/h6,9H,3-5,7-8H2,1-2H3. The molecule has 0 aromatic carbocycles. The van der Waals surface area contributed by atoms with Crippen molar-refractivity contribution >= 4 is 5.91 Å². The van der Waals surface area contributed by atoms with Crippen molar-refractivity contribution in [3.8, 4) is 0 Å². The van der Waals surface area contributed by atoms with Gasteiger partial charge in [-0.15, -0.1) is 20.4 Å². The number of aromatic nitrogens is 9. The van der Waals surface area contributed by atoms with Crippen LogP contribution in [0.5, 0.6) is 0 Å². The summed E-state index contributed by atoms with van der Waals surface area (Å²) in [5.74, 6) is 1.59. The number of amides is 1. The lowest BCUT2D eigenvalue weighted by molar-refractivity contribution is 0.0731. The Kier molecular flexibility index (Phi) is 3.75. The van der Waals surface area contributed by atoms with Gasteiger partial charge in [0.25, 0.3) is 5.91 Å². The van der Waals surface area contributed by atoms with Crippen LogP contribution in [0.3, 0.4) is 0 Å². The third-order valence-electron chi connectivity index (χ3n) is 4.23. The monoisotopic (exact) mass is 342 g/mol. The van der Waals surface area contributed by atoms with Gasteiger partial charge in [-0.25, -0.2) is 9.67 Å². The molecule has 4 rings (SSSR count). The van der Waals surface area contributed by atoms with Crippen molar-refractivity contribution in [1.82, 2.24) is 49.4 Å². The molecule has 3 aromatic heterocycles. The van der Waals surface area contributed by atoms with Gasteiger partial charge in [0.15, 0.2) is 11.6 Å². The third kappa shape index (κ3) is 2.88. The number of hydrogen-bond donors (Lipinski definition) is 0. The van der Waals surface area contributed by atoms with Gasteiger partial charge in [0.05, 0.1) is 18.4 Å². The highest BCUT2D eigenvalue weighted by molar-refractivity contribution is 5.90. The first-order chi connectivity index (χ1) is 12.1. The minimum atomic E-state index is -0.189. The summed E-state index contributed by atoms with van der Waals surface area (Å²) in [6, 6.07) is 0. The molecule has 25 heavy (non-hydrogen) atoms. The fraction of sp³-hybridized carbons (Fsp3) is 0.500. The van der Waals surface area contributed by atoms with E-state index in [0.29, 0.717) is 19.6 Å². The average Bonchev–Trinajstić information content (AvgIpc) is 3.26. The Morgan fingerprint density at radius 3 is 2.88 bits per heavy atom. The molecule has 0 atom stereocenters. The molecule has 0 bridgehead atoms. The lowest BCUT2D eigenvalue weighted by Crippen LogP contribution is -2.31. The Morgan fingerprint density at radius 1 is 1.28 bits per heavy atom. The zero-order valence-corrected chi connectivity index (χ0v) is 14.1. The number of carbonyl (C=O) groups excluding carboxylic acids is 1. The van der Waals surface area contributed by atoms with Crippen LogP contribution in [0.25, 0.3) is 0 Å². The van der Waals surface area contributed by atoms with Crippen molar-refractivity contribution in [3.63, 3.8) is 0 Å². The van der Waals surface area contributed by atoms with Gasteiger partial charge in [-0.2, -0.15) is 0 Å². The summed E-state index contributed by atoms with van der Waals surface area (Å²) in [5.41, 5.74) is 0.962. The van der Waals surface area contributed by atoms with Crippen LogP contribution in [0.4, 0.5) is 0 Å². The van der Waals surface area contributed by atoms with Crippen molar-refractivity contribution in [2.75, 3.05) is 6.54 Å². The van der Waals surface area contributed by atoms with Crippen LogP contribution in [0.15, 0.2) is 12.5 Å². The van der Waals surface area contributed by atoms with Crippen molar-refractivity contribution in [2.45, 2.75) is 33.0 Å². The van der Waals surface area contributed by atoms with Gasteiger partial charge >= 0.3 is 0 Å². The smallest absolute Gasteiger partial charge is 0.293 e. The van der Waals surface area contributed by atoms with E-state index >= 15 is 0 Å². The van der Waals surface area contributed by atoms with Crippen LogP contribution in [0.1, 0.15) is 34.4 Å². The number of hydrogen-bond acceptors (Lipinski definition) is 7. The molecule has 3 aromatic rings. The molecule has 0 unspecified atom stereocenters. The Labute approximate surface area is 143 Å². The molecule has 0 N–H and O–H groups in total. The SMILES string of the molecule is Cc1cnnn1Cc1nnc2n1CCCN(C(=O)c1ncn(C)n1)C2. The van der Waals surface area contributed by atoms with Gasteiger partial charge in [0.1, 0.15) is 12.9 Å². The minimum Gasteiger partial charge on any atom is -0.328 e. The summed E-state index contributed by atoms with van der Waals surface area (Å²) in [4.78, 5) is 18.3. The minimum absolute atomic E-state index is 0.189. The molecule has 0 fully saturated rings. The average molecular weight is 342 g/mol. The molecule has 0 spiro atoms. The van der Waals surface area contributed by atoms with E-state index in [0.717, 1.165) is 30.3 Å². The van der Waals surface area contributed by atoms with E-state index in [-0.39, 0.29) is 11.7 Å². The van der Waals surface area contributed by atoms with Gasteiger partial charge in [-0.05, 0) is 13.3 Å². The van der Waals surface area contributed by atoms with Crippen molar-refractivity contribution < 1.29 is 4.79 Å². The summed E-state index contributed by atoms with van der Waals surface area (Å²) >= 11 is 0. The number of fused-ring (bicyclic) bond motifs is 1. The molecule has 0 aliphatic carbocycles. The molecular weight excluding hydrogens is 324 g/mol. The number of carbonyl (C=O) groups is 1. The van der Waals surface area contributed by atoms with E-state index in [2.05, 4.69) is 35.2 Å². The largest absolute Gasteiger partial charge is 0.328 e. The predicted octanol–water partition coefficient (Wildman–Crippen LogP) is -0.599. The van der Waals surface area contributed by atoms with Crippen molar-refractivity contribution in [1.29, 1.82) is 0 Å². The van der Waals surface area contributed by atoms with Crippen molar-refractivity contribution in [2.24, 2.45) is 7.05 Å². The van der Waals surface area contributed by atoms with Gasteiger partial charge in [-0.1, -0.05) is 5.21 Å². The molecule has 1 aliphatic rings. The summed E-state index contributed by atoms with van der Waals surface area (Å²) in [6.45, 7) is 4.22. The lowest BCUT2D eigenvalue weighted by Gasteiger charge is -2.17. The first-order valence-corrected chi connectivity index (χ1v) is 8.03. The first-order valence-electron chi connectivity index (χ1n) is 8.03. The molecule has 0 radical (unpaired) electrons. The predicted molar refractivity (Wildman–Crippen MR) is 84.2 cm³/mol. The van der Waals surface area contributed by atoms with E-state index in [4.69, 9.17) is 0 Å². The molecule has 0 saturated heterocycles. The second-order valence-electron chi connectivity index (χ2n) is 6.04. The van der Waals surface area contributed by atoms with Crippen molar-refractivity contribution in [3.05, 3.63) is 35.7 Å². The quantitative estimate of drug-likeness (QED) is 0.624. The van der Waals surface area contributed by atoms with Crippen LogP contribution >= 0.6 is 0 Å².